The summed E-state index contributed by atoms with van der Waals surface area (Å²) < 4.78 is 56.0. The maximum Gasteiger partial charge on any atom is 0.262 e. The fraction of sp³-hybridized carbons (Fsp3) is 0.130. The molecule has 1 aliphatic rings. The smallest absolute Gasteiger partial charge is 0.262 e. The lowest BCUT2D eigenvalue weighted by molar-refractivity contribution is -0.118. The Morgan fingerprint density at radius 1 is 0.939 bits per heavy atom. The molecule has 1 aliphatic heterocycles. The summed E-state index contributed by atoms with van der Waals surface area (Å²) in [5, 5.41) is 2.80. The molecule has 1 amide bonds. The lowest BCUT2D eigenvalue weighted by Gasteiger charge is -2.12. The monoisotopic (exact) mass is 491 g/mol. The highest BCUT2D eigenvalue weighted by molar-refractivity contribution is 7.90. The molecule has 1 N–H and O–H groups in total. The number of fused-ring (bicyclic) bond motifs is 1. The van der Waals surface area contributed by atoms with Crippen LogP contribution in [-0.4, -0.2) is 26.7 Å². The normalized spacial score (nSPS) is 13.9. The Balaban J connectivity index is 1.48. The minimum absolute atomic E-state index is 0.00395. The van der Waals surface area contributed by atoms with Gasteiger partial charge in [0, 0.05) is 22.3 Å². The number of hydrogen-bond donors (Lipinski definition) is 1. The van der Waals surface area contributed by atoms with Gasteiger partial charge in [-0.1, -0.05) is 17.7 Å². The average molecular weight is 492 g/mol. The van der Waals surface area contributed by atoms with E-state index >= 15 is 0 Å². The van der Waals surface area contributed by atoms with Gasteiger partial charge in [0.15, 0.2) is 22.2 Å². The summed E-state index contributed by atoms with van der Waals surface area (Å²) in [5.41, 5.74) is 1.42. The molecule has 170 valence electrons. The molecule has 0 radical (unpaired) electrons. The molecule has 0 aliphatic carbocycles. The number of anilines is 1. The molecular weight excluding hydrogens is 476 g/mol. The van der Waals surface area contributed by atoms with Gasteiger partial charge in [-0.25, -0.2) is 17.2 Å². The highest BCUT2D eigenvalue weighted by Gasteiger charge is 2.25. The van der Waals surface area contributed by atoms with E-state index in [1.807, 2.05) is 0 Å². The molecule has 4 rings (SSSR count). The molecule has 0 atom stereocenters. The summed E-state index contributed by atoms with van der Waals surface area (Å²) in [6.07, 6.45) is 0. The zero-order valence-electron chi connectivity index (χ0n) is 16.9. The van der Waals surface area contributed by atoms with Crippen molar-refractivity contribution in [3.63, 3.8) is 0 Å². The predicted octanol–water partition coefficient (Wildman–Crippen LogP) is 4.30. The minimum Gasteiger partial charge on any atom is -0.483 e. The Kier molecular flexibility index (Phi) is 6.18. The number of amides is 1. The Labute approximate surface area is 193 Å². The van der Waals surface area contributed by atoms with Crippen LogP contribution in [0.3, 0.4) is 0 Å². The molecule has 33 heavy (non-hydrogen) atoms. The van der Waals surface area contributed by atoms with E-state index in [0.29, 0.717) is 22.9 Å². The number of nitrogens with one attached hydrogen (secondary N) is 1. The Hall–Kier alpha value is -3.30. The van der Waals surface area contributed by atoms with Crippen LogP contribution in [0.15, 0.2) is 54.6 Å². The van der Waals surface area contributed by atoms with Gasteiger partial charge in [0.25, 0.3) is 5.91 Å². The van der Waals surface area contributed by atoms with Gasteiger partial charge in [-0.15, -0.1) is 0 Å². The van der Waals surface area contributed by atoms with Crippen molar-refractivity contribution >= 4 is 38.8 Å². The van der Waals surface area contributed by atoms with Crippen molar-refractivity contribution in [3.8, 4) is 5.75 Å². The summed E-state index contributed by atoms with van der Waals surface area (Å²) in [4.78, 5) is 25.2. The summed E-state index contributed by atoms with van der Waals surface area (Å²) in [7, 11) is -3.17. The molecule has 0 fully saturated rings. The highest BCUT2D eigenvalue weighted by atomic mass is 35.5. The van der Waals surface area contributed by atoms with Gasteiger partial charge in [-0.05, 0) is 53.6 Å². The summed E-state index contributed by atoms with van der Waals surface area (Å²) in [6, 6.07) is 11.3. The van der Waals surface area contributed by atoms with E-state index in [1.54, 1.807) is 18.2 Å². The number of halogens is 3. The first kappa shape index (κ1) is 22.9. The Morgan fingerprint density at radius 3 is 2.36 bits per heavy atom. The van der Waals surface area contributed by atoms with Crippen molar-refractivity contribution in [1.29, 1.82) is 0 Å². The topological polar surface area (TPSA) is 89.5 Å². The number of carbonyl (C=O) groups is 2. The Morgan fingerprint density at radius 2 is 1.64 bits per heavy atom. The van der Waals surface area contributed by atoms with Crippen LogP contribution >= 0.6 is 11.6 Å². The van der Waals surface area contributed by atoms with Crippen molar-refractivity contribution in [2.75, 3.05) is 11.9 Å². The standard InChI is InChI=1S/C23H16ClF2NO5S/c24-16-2-4-21(20(8-16)23(29)14-5-17(25)9-18(26)6-14)32-10-22(28)27-19-3-1-13-11-33(30,31)12-15(13)7-19/h1-9H,10-12H2,(H,27,28). The number of hydrogen-bond acceptors (Lipinski definition) is 5. The van der Waals surface area contributed by atoms with E-state index in [-0.39, 0.29) is 33.4 Å². The molecule has 0 unspecified atom stereocenters. The van der Waals surface area contributed by atoms with Gasteiger partial charge < -0.3 is 10.1 Å². The first-order chi connectivity index (χ1) is 15.6. The number of benzene rings is 3. The van der Waals surface area contributed by atoms with E-state index in [4.69, 9.17) is 16.3 Å². The van der Waals surface area contributed by atoms with Crippen LogP contribution in [0.1, 0.15) is 27.0 Å². The van der Waals surface area contributed by atoms with Crippen molar-refractivity contribution in [3.05, 3.63) is 93.5 Å². The second kappa shape index (κ2) is 8.92. The molecule has 1 heterocycles. The average Bonchev–Trinajstić information content (AvgIpc) is 3.04. The molecule has 0 bridgehead atoms. The third-order valence-corrected chi connectivity index (χ3v) is 6.65. The second-order valence-electron chi connectivity index (χ2n) is 7.48. The SMILES string of the molecule is O=C(COc1ccc(Cl)cc1C(=O)c1cc(F)cc(F)c1)Nc1ccc2c(c1)CS(=O)(=O)C2. The number of ketones is 1. The second-order valence-corrected chi connectivity index (χ2v) is 9.98. The van der Waals surface area contributed by atoms with Crippen LogP contribution in [0, 0.1) is 11.6 Å². The molecule has 6 nitrogen and oxygen atoms in total. The lowest BCUT2D eigenvalue weighted by atomic mass is 10.0. The van der Waals surface area contributed by atoms with Crippen LogP contribution < -0.4 is 10.1 Å². The van der Waals surface area contributed by atoms with Crippen LogP contribution in [0.4, 0.5) is 14.5 Å². The van der Waals surface area contributed by atoms with E-state index in [1.165, 1.54) is 18.2 Å². The number of carbonyl (C=O) groups excluding carboxylic acids is 2. The van der Waals surface area contributed by atoms with Gasteiger partial charge in [0.1, 0.15) is 17.4 Å². The van der Waals surface area contributed by atoms with E-state index < -0.39 is 39.8 Å². The zero-order valence-corrected chi connectivity index (χ0v) is 18.5. The first-order valence-corrected chi connectivity index (χ1v) is 11.8. The molecule has 10 heteroatoms. The third kappa shape index (κ3) is 5.37. The van der Waals surface area contributed by atoms with Crippen molar-refractivity contribution < 1.29 is 31.5 Å². The lowest BCUT2D eigenvalue weighted by Crippen LogP contribution is -2.21. The van der Waals surface area contributed by atoms with Gasteiger partial charge in [-0.3, -0.25) is 9.59 Å². The third-order valence-electron chi connectivity index (χ3n) is 4.91. The quantitative estimate of drug-likeness (QED) is 0.519. The first-order valence-electron chi connectivity index (χ1n) is 9.65. The Bertz CT molecular complexity index is 1370. The number of rotatable bonds is 6. The van der Waals surface area contributed by atoms with Crippen molar-refractivity contribution in [1.82, 2.24) is 0 Å². The van der Waals surface area contributed by atoms with Gasteiger partial charge in [0.2, 0.25) is 0 Å². The zero-order chi connectivity index (χ0) is 23.8. The maximum atomic E-state index is 13.5. The van der Waals surface area contributed by atoms with Crippen molar-refractivity contribution in [2.45, 2.75) is 11.5 Å². The van der Waals surface area contributed by atoms with Gasteiger partial charge >= 0.3 is 0 Å². The predicted molar refractivity (Wildman–Crippen MR) is 118 cm³/mol. The van der Waals surface area contributed by atoms with Crippen LogP contribution in [0.2, 0.25) is 5.02 Å². The summed E-state index contributed by atoms with van der Waals surface area (Å²) >= 11 is 5.97. The van der Waals surface area contributed by atoms with Gasteiger partial charge in [-0.2, -0.15) is 0 Å². The maximum absolute atomic E-state index is 13.5. The molecule has 3 aromatic carbocycles. The summed E-state index contributed by atoms with van der Waals surface area (Å²) in [6.45, 7) is -0.477. The highest BCUT2D eigenvalue weighted by Crippen LogP contribution is 2.28. The van der Waals surface area contributed by atoms with Crippen LogP contribution in [-0.2, 0) is 26.1 Å². The fourth-order valence-corrected chi connectivity index (χ4v) is 5.26. The summed E-state index contributed by atoms with van der Waals surface area (Å²) in [5.74, 6) is -3.22. The largest absolute Gasteiger partial charge is 0.483 e. The fourth-order valence-electron chi connectivity index (χ4n) is 3.49. The molecule has 0 saturated heterocycles. The van der Waals surface area contributed by atoms with Crippen LogP contribution in [0.5, 0.6) is 5.75 Å². The number of ether oxygens (including phenoxy) is 1. The minimum atomic E-state index is -3.17. The molecule has 0 saturated carbocycles. The van der Waals surface area contributed by atoms with E-state index in [0.717, 1.165) is 12.1 Å². The molecular formula is C23H16ClF2NO5S. The molecule has 0 aromatic heterocycles. The van der Waals surface area contributed by atoms with Crippen LogP contribution in [0.25, 0.3) is 0 Å². The number of sulfone groups is 1. The molecule has 0 spiro atoms. The van der Waals surface area contributed by atoms with Crippen molar-refractivity contribution in [2.24, 2.45) is 0 Å². The van der Waals surface area contributed by atoms with E-state index in [9.17, 15) is 26.8 Å². The van der Waals surface area contributed by atoms with Gasteiger partial charge in [0.05, 0.1) is 17.1 Å². The molecule has 3 aromatic rings. The van der Waals surface area contributed by atoms with E-state index in [2.05, 4.69) is 5.32 Å².